The molecule has 3 rings (SSSR count). The summed E-state index contributed by atoms with van der Waals surface area (Å²) in [6.07, 6.45) is 0.937. The molecule has 0 saturated carbocycles. The summed E-state index contributed by atoms with van der Waals surface area (Å²) >= 11 is 5.59. The quantitative estimate of drug-likeness (QED) is 0.521. The van der Waals surface area contributed by atoms with E-state index in [0.29, 0.717) is 23.8 Å². The van der Waals surface area contributed by atoms with E-state index in [1.807, 2.05) is 60.4 Å². The number of H-pyrrole nitrogens is 1. The molecule has 0 aliphatic rings. The number of aliphatic hydroxyl groups is 1. The molecule has 3 N–H and O–H groups in total. The zero-order valence-electron chi connectivity index (χ0n) is 16.8. The molecule has 1 atom stereocenters. The topological polar surface area (TPSA) is 68.4 Å². The Morgan fingerprint density at radius 2 is 1.97 bits per heavy atom. The summed E-state index contributed by atoms with van der Waals surface area (Å²) in [6, 6.07) is 18.0. The maximum Gasteiger partial charge on any atom is 0.253 e. The molecule has 0 radical (unpaired) electrons. The molecule has 1 heterocycles. The molecule has 1 aromatic heterocycles. The third-order valence-electron chi connectivity index (χ3n) is 5.05. The fourth-order valence-corrected chi connectivity index (χ4v) is 3.65. The Morgan fingerprint density at radius 1 is 1.21 bits per heavy atom. The highest BCUT2D eigenvalue weighted by atomic mass is 32.1. The van der Waals surface area contributed by atoms with Gasteiger partial charge in [-0.25, -0.2) is 0 Å². The average Bonchev–Trinajstić information content (AvgIpc) is 2.74. The summed E-state index contributed by atoms with van der Waals surface area (Å²) in [4.78, 5) is 17.4. The van der Waals surface area contributed by atoms with Gasteiger partial charge in [-0.2, -0.15) is 0 Å². The highest BCUT2D eigenvalue weighted by Gasteiger charge is 2.15. The highest BCUT2D eigenvalue weighted by Crippen LogP contribution is 2.16. The van der Waals surface area contributed by atoms with E-state index in [2.05, 4.69) is 23.3 Å². The lowest BCUT2D eigenvalue weighted by molar-refractivity contribution is 0.244. The molecule has 152 valence electrons. The van der Waals surface area contributed by atoms with Crippen molar-refractivity contribution in [2.45, 2.75) is 32.9 Å². The largest absolute Gasteiger partial charge is 0.395 e. The van der Waals surface area contributed by atoms with Crippen LogP contribution in [0.1, 0.15) is 36.6 Å². The monoisotopic (exact) mass is 409 g/mol. The van der Waals surface area contributed by atoms with Crippen molar-refractivity contribution in [3.63, 3.8) is 0 Å². The Kier molecular flexibility index (Phi) is 7.01. The van der Waals surface area contributed by atoms with Gasteiger partial charge in [0.05, 0.1) is 19.2 Å². The van der Waals surface area contributed by atoms with E-state index < -0.39 is 0 Å². The van der Waals surface area contributed by atoms with Gasteiger partial charge in [-0.15, -0.1) is 0 Å². The third-order valence-corrected chi connectivity index (χ3v) is 5.43. The second-order valence-corrected chi connectivity index (χ2v) is 7.51. The molecule has 0 spiro atoms. The van der Waals surface area contributed by atoms with Crippen LogP contribution in [0.15, 0.2) is 59.4 Å². The lowest BCUT2D eigenvalue weighted by Gasteiger charge is -2.27. The molecule has 0 saturated heterocycles. The second kappa shape index (κ2) is 9.67. The molecule has 0 bridgehead atoms. The zero-order chi connectivity index (χ0) is 20.8. The first-order valence-electron chi connectivity index (χ1n) is 9.88. The molecular formula is C23H27N3O2S. The van der Waals surface area contributed by atoms with E-state index >= 15 is 0 Å². The molecule has 0 fully saturated rings. The van der Waals surface area contributed by atoms with Gasteiger partial charge in [0.2, 0.25) is 0 Å². The molecule has 3 aromatic rings. The van der Waals surface area contributed by atoms with E-state index in [1.54, 1.807) is 0 Å². The minimum absolute atomic E-state index is 0.0203. The standard InChI is InChI=1S/C23H27N3O2S/c1-3-17-9-10-21-19(13-17)14-20(22(28)25-21)15-26(11-12-27)23(29)24-16(2)18-7-5-4-6-8-18/h4-10,13-14,16,27H,3,11-12,15H2,1-2H3,(H,24,29)(H,25,28). The fraction of sp³-hybridized carbons (Fsp3) is 0.304. The molecule has 0 aliphatic carbocycles. The van der Waals surface area contributed by atoms with E-state index in [1.165, 1.54) is 5.56 Å². The van der Waals surface area contributed by atoms with Crippen molar-refractivity contribution < 1.29 is 5.11 Å². The Balaban J connectivity index is 1.81. The molecule has 0 amide bonds. The first-order chi connectivity index (χ1) is 14.0. The zero-order valence-corrected chi connectivity index (χ0v) is 17.6. The lowest BCUT2D eigenvalue weighted by atomic mass is 10.1. The molecule has 6 heteroatoms. The van der Waals surface area contributed by atoms with Crippen LogP contribution in [-0.4, -0.2) is 33.3 Å². The number of aryl methyl sites for hydroxylation is 1. The maximum absolute atomic E-state index is 12.6. The smallest absolute Gasteiger partial charge is 0.253 e. The van der Waals surface area contributed by atoms with Gasteiger partial charge in [-0.1, -0.05) is 43.3 Å². The van der Waals surface area contributed by atoms with E-state index in [-0.39, 0.29) is 18.2 Å². The van der Waals surface area contributed by atoms with E-state index in [0.717, 1.165) is 22.9 Å². The summed E-state index contributed by atoms with van der Waals surface area (Å²) in [6.45, 7) is 4.77. The number of benzene rings is 2. The predicted octanol–water partition coefficient (Wildman–Crippen LogP) is 3.52. The number of fused-ring (bicyclic) bond motifs is 1. The number of rotatable bonds is 7. The third kappa shape index (κ3) is 5.22. The minimum atomic E-state index is -0.136. The van der Waals surface area contributed by atoms with Gasteiger partial charge in [0.25, 0.3) is 5.56 Å². The Bertz CT molecular complexity index is 1030. The molecule has 2 aromatic carbocycles. The number of hydrogen-bond acceptors (Lipinski definition) is 3. The number of thiocarbonyl (C=S) groups is 1. The Hall–Kier alpha value is -2.70. The van der Waals surface area contributed by atoms with Crippen LogP contribution in [0.3, 0.4) is 0 Å². The molecule has 29 heavy (non-hydrogen) atoms. The normalized spacial score (nSPS) is 12.0. The van der Waals surface area contributed by atoms with Crippen molar-refractivity contribution in [2.75, 3.05) is 13.2 Å². The number of aromatic nitrogens is 1. The van der Waals surface area contributed by atoms with Crippen LogP contribution < -0.4 is 10.9 Å². The van der Waals surface area contributed by atoms with Crippen LogP contribution in [0.2, 0.25) is 0 Å². The first kappa shape index (κ1) is 21.0. The number of nitrogens with zero attached hydrogens (tertiary/aromatic N) is 1. The summed E-state index contributed by atoms with van der Waals surface area (Å²) in [5, 5.41) is 14.3. The average molecular weight is 410 g/mol. The Labute approximate surface area is 176 Å². The van der Waals surface area contributed by atoms with Gasteiger partial charge < -0.3 is 20.3 Å². The SMILES string of the molecule is CCc1ccc2[nH]c(=O)c(CN(CCO)C(=S)NC(C)c3ccccc3)cc2c1. The van der Waals surface area contributed by atoms with Crippen LogP contribution >= 0.6 is 12.2 Å². The van der Waals surface area contributed by atoms with Gasteiger partial charge >= 0.3 is 0 Å². The molecule has 5 nitrogen and oxygen atoms in total. The minimum Gasteiger partial charge on any atom is -0.395 e. The number of hydrogen-bond donors (Lipinski definition) is 3. The van der Waals surface area contributed by atoms with Crippen molar-refractivity contribution in [1.29, 1.82) is 0 Å². The van der Waals surface area contributed by atoms with Crippen LogP contribution in [0.5, 0.6) is 0 Å². The summed E-state index contributed by atoms with van der Waals surface area (Å²) in [7, 11) is 0. The number of aromatic amines is 1. The molecular weight excluding hydrogens is 382 g/mol. The number of nitrogens with one attached hydrogen (secondary N) is 2. The fourth-order valence-electron chi connectivity index (χ4n) is 3.32. The van der Waals surface area contributed by atoms with Crippen molar-refractivity contribution in [3.05, 3.63) is 81.6 Å². The summed E-state index contributed by atoms with van der Waals surface area (Å²) in [5.74, 6) is 0. The Morgan fingerprint density at radius 3 is 2.66 bits per heavy atom. The highest BCUT2D eigenvalue weighted by molar-refractivity contribution is 7.80. The van der Waals surface area contributed by atoms with Gasteiger partial charge in [0, 0.05) is 17.6 Å². The second-order valence-electron chi connectivity index (χ2n) is 7.13. The predicted molar refractivity (Wildman–Crippen MR) is 122 cm³/mol. The summed E-state index contributed by atoms with van der Waals surface area (Å²) in [5.41, 5.74) is 3.65. The summed E-state index contributed by atoms with van der Waals surface area (Å²) < 4.78 is 0. The van der Waals surface area contributed by atoms with Crippen LogP contribution in [0.25, 0.3) is 10.9 Å². The maximum atomic E-state index is 12.6. The van der Waals surface area contributed by atoms with E-state index in [4.69, 9.17) is 12.2 Å². The van der Waals surface area contributed by atoms with Gasteiger partial charge in [-0.05, 0) is 60.3 Å². The molecule has 1 unspecified atom stereocenters. The van der Waals surface area contributed by atoms with Gasteiger partial charge in [-0.3, -0.25) is 4.79 Å². The number of pyridine rings is 1. The number of aliphatic hydroxyl groups excluding tert-OH is 1. The van der Waals surface area contributed by atoms with Gasteiger partial charge in [0.15, 0.2) is 5.11 Å². The van der Waals surface area contributed by atoms with Crippen molar-refractivity contribution in [1.82, 2.24) is 15.2 Å². The van der Waals surface area contributed by atoms with Crippen LogP contribution in [0.4, 0.5) is 0 Å². The van der Waals surface area contributed by atoms with Crippen LogP contribution in [0, 0.1) is 0 Å². The van der Waals surface area contributed by atoms with Crippen molar-refractivity contribution in [3.8, 4) is 0 Å². The van der Waals surface area contributed by atoms with Crippen molar-refractivity contribution >= 4 is 28.2 Å². The first-order valence-corrected chi connectivity index (χ1v) is 10.3. The lowest BCUT2D eigenvalue weighted by Crippen LogP contribution is -2.42. The van der Waals surface area contributed by atoms with E-state index in [9.17, 15) is 9.90 Å². The molecule has 0 aliphatic heterocycles. The van der Waals surface area contributed by atoms with Gasteiger partial charge in [0.1, 0.15) is 0 Å². The van der Waals surface area contributed by atoms with Crippen LogP contribution in [-0.2, 0) is 13.0 Å². The van der Waals surface area contributed by atoms with Crippen molar-refractivity contribution in [2.24, 2.45) is 0 Å².